The van der Waals surface area contributed by atoms with Gasteiger partial charge in [-0.05, 0) is 47.2 Å². The van der Waals surface area contributed by atoms with E-state index in [0.29, 0.717) is 22.9 Å². The summed E-state index contributed by atoms with van der Waals surface area (Å²) < 4.78 is 27.4. The van der Waals surface area contributed by atoms with E-state index in [0.717, 1.165) is 17.2 Å². The predicted octanol–water partition coefficient (Wildman–Crippen LogP) is 4.31. The molecule has 1 aliphatic heterocycles. The molecule has 1 aliphatic rings. The van der Waals surface area contributed by atoms with Crippen molar-refractivity contribution in [1.82, 2.24) is 4.31 Å². The van der Waals surface area contributed by atoms with Crippen LogP contribution in [-0.2, 0) is 23.0 Å². The van der Waals surface area contributed by atoms with Gasteiger partial charge in [-0.25, -0.2) is 8.42 Å². The quantitative estimate of drug-likeness (QED) is 0.435. The van der Waals surface area contributed by atoms with Crippen LogP contribution in [0.4, 0.5) is 11.4 Å². The van der Waals surface area contributed by atoms with Gasteiger partial charge in [-0.1, -0.05) is 23.7 Å². The number of nitro groups is 1. The molecule has 160 valence electrons. The lowest BCUT2D eigenvalue weighted by molar-refractivity contribution is -0.384. The molecule has 2 heterocycles. The van der Waals surface area contributed by atoms with Gasteiger partial charge >= 0.3 is 0 Å². The lowest BCUT2D eigenvalue weighted by atomic mass is 10.0. The minimum absolute atomic E-state index is 0.0181. The molecule has 0 radical (unpaired) electrons. The molecule has 0 spiro atoms. The maximum atomic E-state index is 12.8. The van der Waals surface area contributed by atoms with Crippen molar-refractivity contribution in [2.45, 2.75) is 17.2 Å². The molecular weight excluding hydrogens is 462 g/mol. The molecule has 0 aliphatic carbocycles. The summed E-state index contributed by atoms with van der Waals surface area (Å²) in [7, 11) is -3.58. The third-order valence-corrected chi connectivity index (χ3v) is 8.48. The highest BCUT2D eigenvalue weighted by atomic mass is 35.5. The fraction of sp³-hybridized carbons (Fsp3) is 0.150. The average Bonchev–Trinajstić information content (AvgIpc) is 3.29. The summed E-state index contributed by atoms with van der Waals surface area (Å²) in [4.78, 5) is 23.0. The number of hydrogen-bond acceptors (Lipinski definition) is 6. The van der Waals surface area contributed by atoms with Crippen molar-refractivity contribution in [2.75, 3.05) is 11.9 Å². The number of carbonyl (C=O) groups is 1. The highest BCUT2D eigenvalue weighted by Crippen LogP contribution is 2.29. The summed E-state index contributed by atoms with van der Waals surface area (Å²) in [6, 6.07) is 12.2. The molecule has 0 saturated heterocycles. The Morgan fingerprint density at radius 3 is 2.68 bits per heavy atom. The number of sulfonamides is 1. The van der Waals surface area contributed by atoms with Crippen LogP contribution in [0.3, 0.4) is 0 Å². The molecule has 0 atom stereocenters. The first-order chi connectivity index (χ1) is 14.8. The van der Waals surface area contributed by atoms with Crippen molar-refractivity contribution < 1.29 is 18.1 Å². The normalized spacial score (nSPS) is 14.1. The number of nitro benzene ring substituents is 1. The van der Waals surface area contributed by atoms with E-state index in [1.165, 1.54) is 27.8 Å². The van der Waals surface area contributed by atoms with Crippen molar-refractivity contribution >= 4 is 50.2 Å². The molecule has 3 aromatic rings. The Morgan fingerprint density at radius 2 is 1.97 bits per heavy atom. The molecule has 0 saturated carbocycles. The van der Waals surface area contributed by atoms with Crippen molar-refractivity contribution in [3.05, 3.63) is 85.7 Å². The average molecular weight is 478 g/mol. The number of nitrogens with one attached hydrogen (secondary N) is 1. The number of rotatable bonds is 5. The first-order valence-electron chi connectivity index (χ1n) is 9.16. The summed E-state index contributed by atoms with van der Waals surface area (Å²) in [5, 5.41) is 15.5. The van der Waals surface area contributed by atoms with E-state index in [1.807, 2.05) is 6.07 Å². The highest BCUT2D eigenvalue weighted by molar-refractivity contribution is 7.91. The molecule has 4 rings (SSSR count). The molecule has 1 N–H and O–H groups in total. The lowest BCUT2D eigenvalue weighted by Crippen LogP contribution is -2.35. The van der Waals surface area contributed by atoms with Gasteiger partial charge in [0.1, 0.15) is 4.21 Å². The molecule has 0 fully saturated rings. The van der Waals surface area contributed by atoms with Gasteiger partial charge in [-0.3, -0.25) is 14.9 Å². The van der Waals surface area contributed by atoms with Crippen molar-refractivity contribution in [1.29, 1.82) is 0 Å². The number of hydrogen-bond donors (Lipinski definition) is 1. The van der Waals surface area contributed by atoms with Gasteiger partial charge < -0.3 is 5.32 Å². The Labute approximate surface area is 187 Å². The van der Waals surface area contributed by atoms with Crippen molar-refractivity contribution in [2.24, 2.45) is 0 Å². The lowest BCUT2D eigenvalue weighted by Gasteiger charge is -2.28. The SMILES string of the molecule is O=C(Nc1ccc2c(c1)CN(S(=O)(=O)c1cccs1)CC2)c1cc([N+](=O)[O-])ccc1Cl. The fourth-order valence-electron chi connectivity index (χ4n) is 3.35. The van der Waals surface area contributed by atoms with E-state index in [-0.39, 0.29) is 22.8 Å². The number of amides is 1. The van der Waals surface area contributed by atoms with Crippen LogP contribution < -0.4 is 5.32 Å². The number of benzene rings is 2. The summed E-state index contributed by atoms with van der Waals surface area (Å²) in [6.45, 7) is 0.569. The second-order valence-corrected chi connectivity index (χ2v) is 10.4. The largest absolute Gasteiger partial charge is 0.322 e. The van der Waals surface area contributed by atoms with Gasteiger partial charge in [-0.2, -0.15) is 4.31 Å². The molecule has 2 aromatic carbocycles. The van der Waals surface area contributed by atoms with Crippen LogP contribution in [0.15, 0.2) is 58.1 Å². The zero-order chi connectivity index (χ0) is 22.2. The third kappa shape index (κ3) is 4.33. The monoisotopic (exact) mass is 477 g/mol. The second-order valence-electron chi connectivity index (χ2n) is 6.88. The van der Waals surface area contributed by atoms with Gasteiger partial charge in [0.2, 0.25) is 0 Å². The zero-order valence-corrected chi connectivity index (χ0v) is 18.3. The topological polar surface area (TPSA) is 110 Å². The van der Waals surface area contributed by atoms with Crippen molar-refractivity contribution in [3.63, 3.8) is 0 Å². The van der Waals surface area contributed by atoms with E-state index < -0.39 is 20.9 Å². The third-order valence-electron chi connectivity index (χ3n) is 4.94. The highest BCUT2D eigenvalue weighted by Gasteiger charge is 2.29. The molecule has 1 amide bonds. The molecule has 1 aromatic heterocycles. The maximum Gasteiger partial charge on any atom is 0.270 e. The first kappa shape index (κ1) is 21.4. The summed E-state index contributed by atoms with van der Waals surface area (Å²) >= 11 is 7.21. The Balaban J connectivity index is 1.56. The Morgan fingerprint density at radius 1 is 1.16 bits per heavy atom. The van der Waals surface area contributed by atoms with E-state index in [4.69, 9.17) is 11.6 Å². The minimum Gasteiger partial charge on any atom is -0.322 e. The number of carbonyl (C=O) groups excluding carboxylic acids is 1. The Bertz CT molecular complexity index is 1280. The van der Waals surface area contributed by atoms with E-state index in [9.17, 15) is 23.3 Å². The second kappa shape index (κ2) is 8.39. The molecule has 11 heteroatoms. The fourth-order valence-corrected chi connectivity index (χ4v) is 6.12. The molecule has 8 nitrogen and oxygen atoms in total. The smallest absolute Gasteiger partial charge is 0.270 e. The minimum atomic E-state index is -3.58. The Hall–Kier alpha value is -2.79. The van der Waals surface area contributed by atoms with Crippen LogP contribution in [0.1, 0.15) is 21.5 Å². The number of thiophene rings is 1. The van der Waals surface area contributed by atoms with Crippen LogP contribution >= 0.6 is 22.9 Å². The number of nitrogens with zero attached hydrogens (tertiary/aromatic N) is 2. The summed E-state index contributed by atoms with van der Waals surface area (Å²) in [6.07, 6.45) is 0.560. The van der Waals surface area contributed by atoms with Crippen LogP contribution in [0, 0.1) is 10.1 Å². The van der Waals surface area contributed by atoms with Gasteiger partial charge in [0.25, 0.3) is 21.6 Å². The Kier molecular flexibility index (Phi) is 5.80. The van der Waals surface area contributed by atoms with Gasteiger partial charge in [0.15, 0.2) is 0 Å². The molecule has 31 heavy (non-hydrogen) atoms. The van der Waals surface area contributed by atoms with E-state index in [2.05, 4.69) is 5.32 Å². The van der Waals surface area contributed by atoms with Crippen LogP contribution in [0.5, 0.6) is 0 Å². The standard InChI is InChI=1S/C20H16ClN3O5S2/c21-18-6-5-16(24(26)27)11-17(18)20(25)22-15-4-3-13-7-8-23(12-14(13)10-15)31(28,29)19-2-1-9-30-19/h1-6,9-11H,7-8,12H2,(H,22,25). The van der Waals surface area contributed by atoms with Crippen LogP contribution in [0.2, 0.25) is 5.02 Å². The number of non-ortho nitro benzene ring substituents is 1. The van der Waals surface area contributed by atoms with E-state index in [1.54, 1.807) is 29.6 Å². The van der Waals surface area contributed by atoms with Gasteiger partial charge in [0, 0.05) is 30.9 Å². The van der Waals surface area contributed by atoms with Gasteiger partial charge in [-0.15, -0.1) is 11.3 Å². The summed E-state index contributed by atoms with van der Waals surface area (Å²) in [5.41, 5.74) is 1.98. The summed E-state index contributed by atoms with van der Waals surface area (Å²) in [5.74, 6) is -0.590. The number of halogens is 1. The first-order valence-corrected chi connectivity index (χ1v) is 11.9. The van der Waals surface area contributed by atoms with Crippen molar-refractivity contribution in [3.8, 4) is 0 Å². The van der Waals surface area contributed by atoms with E-state index >= 15 is 0 Å². The van der Waals surface area contributed by atoms with Gasteiger partial charge in [0.05, 0.1) is 15.5 Å². The maximum absolute atomic E-state index is 12.8. The molecule has 0 unspecified atom stereocenters. The number of anilines is 1. The molecule has 0 bridgehead atoms. The number of fused-ring (bicyclic) bond motifs is 1. The molecular formula is C20H16ClN3O5S2. The van der Waals surface area contributed by atoms with Crippen LogP contribution in [0.25, 0.3) is 0 Å². The zero-order valence-electron chi connectivity index (χ0n) is 15.9. The van der Waals surface area contributed by atoms with Crippen LogP contribution in [-0.4, -0.2) is 30.1 Å². The predicted molar refractivity (Wildman–Crippen MR) is 118 cm³/mol.